The Hall–Kier alpha value is -1.26. The van der Waals surface area contributed by atoms with Crippen LogP contribution in [0.3, 0.4) is 0 Å². The number of hydrogen-bond acceptors (Lipinski definition) is 4. The molecule has 2 fully saturated rings. The lowest BCUT2D eigenvalue weighted by Crippen LogP contribution is -2.71. The second-order valence-electron chi connectivity index (χ2n) is 7.83. The summed E-state index contributed by atoms with van der Waals surface area (Å²) in [5, 5.41) is 21.1. The summed E-state index contributed by atoms with van der Waals surface area (Å²) in [5.41, 5.74) is 1.77. The summed E-state index contributed by atoms with van der Waals surface area (Å²) < 4.78 is 6.33. The number of piperidine rings is 1. The van der Waals surface area contributed by atoms with Gasteiger partial charge in [-0.1, -0.05) is 6.07 Å². The average Bonchev–Trinajstić information content (AvgIpc) is 2.78. The van der Waals surface area contributed by atoms with Crippen LogP contribution < -0.4 is 4.74 Å². The Morgan fingerprint density at radius 2 is 2.14 bits per heavy atom. The number of benzene rings is 1. The fourth-order valence-electron chi connectivity index (χ4n) is 6.13. The van der Waals surface area contributed by atoms with Crippen LogP contribution in [0.2, 0.25) is 0 Å². The first-order valence-electron chi connectivity index (χ1n) is 8.41. The van der Waals surface area contributed by atoms with Crippen molar-refractivity contribution < 1.29 is 14.9 Å². The van der Waals surface area contributed by atoms with Crippen molar-refractivity contribution in [1.29, 1.82) is 0 Å². The third kappa shape index (κ3) is 1.18. The van der Waals surface area contributed by atoms with Crippen LogP contribution in [-0.4, -0.2) is 46.5 Å². The van der Waals surface area contributed by atoms with Crippen LogP contribution in [-0.2, 0) is 11.8 Å². The van der Waals surface area contributed by atoms with Gasteiger partial charge < -0.3 is 19.8 Å². The molecule has 1 aromatic carbocycles. The van der Waals surface area contributed by atoms with Gasteiger partial charge in [-0.25, -0.2) is 0 Å². The Kier molecular flexibility index (Phi) is 2.28. The van der Waals surface area contributed by atoms with Gasteiger partial charge in [-0.2, -0.15) is 0 Å². The molecular formula is C18H23NO3. The number of aliphatic hydroxyl groups excluding tert-OH is 1. The fourth-order valence-corrected chi connectivity index (χ4v) is 6.13. The van der Waals surface area contributed by atoms with E-state index >= 15 is 0 Å². The maximum atomic E-state index is 10.8. The highest BCUT2D eigenvalue weighted by atomic mass is 16.5. The summed E-state index contributed by atoms with van der Waals surface area (Å²) in [6.45, 7) is 3.10. The normalized spacial score (nSPS) is 45.3. The van der Waals surface area contributed by atoms with Gasteiger partial charge in [0.25, 0.3) is 0 Å². The molecule has 0 aromatic heterocycles. The Labute approximate surface area is 130 Å². The third-order valence-corrected chi connectivity index (χ3v) is 7.21. The van der Waals surface area contributed by atoms with Crippen molar-refractivity contribution in [3.05, 3.63) is 23.3 Å². The van der Waals surface area contributed by atoms with Gasteiger partial charge in [0.1, 0.15) is 5.60 Å². The SMILES string of the molecule is CN1CC[C@]23c4c5ccc(O)c4O[C@@]2(C)[C@@H](O)CC[C@H]3[C@H]1C5. The molecule has 4 aliphatic rings. The molecule has 22 heavy (non-hydrogen) atoms. The number of phenolic OH excluding ortho intramolecular Hbond substituents is 1. The fraction of sp³-hybridized carbons (Fsp3) is 0.667. The van der Waals surface area contributed by atoms with E-state index in [9.17, 15) is 10.2 Å². The van der Waals surface area contributed by atoms with Gasteiger partial charge in [-0.15, -0.1) is 0 Å². The molecule has 0 unspecified atom stereocenters. The lowest BCUT2D eigenvalue weighted by atomic mass is 9.47. The topological polar surface area (TPSA) is 52.9 Å². The first-order chi connectivity index (χ1) is 10.5. The third-order valence-electron chi connectivity index (χ3n) is 7.21. The summed E-state index contributed by atoms with van der Waals surface area (Å²) in [4.78, 5) is 2.49. The molecule has 5 rings (SSSR count). The molecule has 2 aliphatic heterocycles. The van der Waals surface area contributed by atoms with Crippen molar-refractivity contribution in [3.63, 3.8) is 0 Å². The molecule has 2 aliphatic carbocycles. The number of aromatic hydroxyl groups is 1. The van der Waals surface area contributed by atoms with E-state index in [1.807, 2.05) is 0 Å². The van der Waals surface area contributed by atoms with Crippen molar-refractivity contribution in [2.45, 2.75) is 55.8 Å². The van der Waals surface area contributed by atoms with Crippen molar-refractivity contribution in [2.75, 3.05) is 13.6 Å². The standard InChI is InChI=1S/C18H23NO3/c1-17-14(21)6-4-11-12-9-10-3-5-13(20)16(22-17)15(10)18(11,17)7-8-19(12)2/h3,5,11-12,14,20-21H,4,6-9H2,1-2H3/t11-,12+,14-,17-,18-/m0/s1. The lowest BCUT2D eigenvalue weighted by Gasteiger charge is -2.62. The minimum Gasteiger partial charge on any atom is -0.504 e. The number of rotatable bonds is 0. The lowest BCUT2D eigenvalue weighted by molar-refractivity contribution is -0.157. The van der Waals surface area contributed by atoms with Crippen LogP contribution >= 0.6 is 0 Å². The Morgan fingerprint density at radius 3 is 2.95 bits per heavy atom. The summed E-state index contributed by atoms with van der Waals surface area (Å²) >= 11 is 0. The van der Waals surface area contributed by atoms with Crippen molar-refractivity contribution in [1.82, 2.24) is 4.90 Å². The van der Waals surface area contributed by atoms with E-state index in [-0.39, 0.29) is 11.2 Å². The second-order valence-corrected chi connectivity index (χ2v) is 7.83. The van der Waals surface area contributed by atoms with Crippen LogP contribution in [0.25, 0.3) is 0 Å². The molecule has 1 saturated heterocycles. The molecular weight excluding hydrogens is 278 g/mol. The molecule has 4 heteroatoms. The van der Waals surface area contributed by atoms with Crippen LogP contribution in [0.1, 0.15) is 37.3 Å². The number of nitrogens with zero attached hydrogens (tertiary/aromatic N) is 1. The van der Waals surface area contributed by atoms with E-state index in [0.29, 0.717) is 17.7 Å². The maximum Gasteiger partial charge on any atom is 0.166 e. The van der Waals surface area contributed by atoms with Gasteiger partial charge in [0, 0.05) is 17.0 Å². The zero-order valence-electron chi connectivity index (χ0n) is 13.2. The number of likely N-dealkylation sites (N-methyl/N-ethyl adjacent to an activating group) is 1. The minimum absolute atomic E-state index is 0.135. The second kappa shape index (κ2) is 3.80. The van der Waals surface area contributed by atoms with Crippen LogP contribution in [0.5, 0.6) is 11.5 Å². The van der Waals surface area contributed by atoms with Gasteiger partial charge in [-0.3, -0.25) is 0 Å². The molecule has 4 nitrogen and oxygen atoms in total. The van der Waals surface area contributed by atoms with Crippen LogP contribution in [0, 0.1) is 5.92 Å². The Balaban J connectivity index is 1.86. The molecule has 118 valence electrons. The molecule has 2 N–H and O–H groups in total. The number of ether oxygens (including phenoxy) is 1. The van der Waals surface area contributed by atoms with E-state index in [0.717, 1.165) is 32.2 Å². The molecule has 1 saturated carbocycles. The molecule has 2 heterocycles. The van der Waals surface area contributed by atoms with Gasteiger partial charge in [0.2, 0.25) is 0 Å². The average molecular weight is 301 g/mol. The highest BCUT2D eigenvalue weighted by molar-refractivity contribution is 5.62. The number of hydrogen-bond donors (Lipinski definition) is 2. The van der Waals surface area contributed by atoms with E-state index in [1.54, 1.807) is 6.07 Å². The van der Waals surface area contributed by atoms with Gasteiger partial charge in [0.15, 0.2) is 11.5 Å². The predicted molar refractivity (Wildman–Crippen MR) is 82.3 cm³/mol. The zero-order valence-corrected chi connectivity index (χ0v) is 13.2. The van der Waals surface area contributed by atoms with E-state index < -0.39 is 11.7 Å². The van der Waals surface area contributed by atoms with Crippen molar-refractivity contribution in [2.24, 2.45) is 5.92 Å². The molecule has 1 aromatic rings. The highest BCUT2D eigenvalue weighted by Crippen LogP contribution is 2.67. The van der Waals surface area contributed by atoms with Crippen LogP contribution in [0.15, 0.2) is 12.1 Å². The van der Waals surface area contributed by atoms with Gasteiger partial charge in [-0.05, 0) is 63.7 Å². The number of likely N-dealkylation sites (tertiary alicyclic amines) is 1. The van der Waals surface area contributed by atoms with E-state index in [1.165, 1.54) is 11.1 Å². The zero-order chi connectivity index (χ0) is 15.3. The summed E-state index contributed by atoms with van der Waals surface area (Å²) in [7, 11) is 2.22. The molecule has 0 radical (unpaired) electrons. The number of phenols is 1. The quantitative estimate of drug-likeness (QED) is 0.767. The largest absolute Gasteiger partial charge is 0.504 e. The summed E-state index contributed by atoms with van der Waals surface area (Å²) in [5.74, 6) is 1.39. The minimum atomic E-state index is -0.605. The maximum absolute atomic E-state index is 10.8. The van der Waals surface area contributed by atoms with E-state index in [4.69, 9.17) is 4.74 Å². The Bertz CT molecular complexity index is 675. The van der Waals surface area contributed by atoms with Gasteiger partial charge >= 0.3 is 0 Å². The highest BCUT2D eigenvalue weighted by Gasteiger charge is 2.71. The number of aliphatic hydroxyl groups is 1. The molecule has 1 spiro atoms. The Morgan fingerprint density at radius 1 is 1.32 bits per heavy atom. The smallest absolute Gasteiger partial charge is 0.166 e. The first kappa shape index (κ1) is 13.2. The summed E-state index contributed by atoms with van der Waals surface area (Å²) in [6, 6.07) is 4.34. The summed E-state index contributed by atoms with van der Waals surface area (Å²) in [6.07, 6.45) is 3.40. The molecule has 2 bridgehead atoms. The van der Waals surface area contributed by atoms with E-state index in [2.05, 4.69) is 24.9 Å². The van der Waals surface area contributed by atoms with Crippen LogP contribution in [0.4, 0.5) is 0 Å². The monoisotopic (exact) mass is 301 g/mol. The van der Waals surface area contributed by atoms with Gasteiger partial charge in [0.05, 0.1) is 6.10 Å². The first-order valence-corrected chi connectivity index (χ1v) is 8.41. The molecule has 5 atom stereocenters. The van der Waals surface area contributed by atoms with Crippen molar-refractivity contribution >= 4 is 0 Å². The predicted octanol–water partition coefficient (Wildman–Crippen LogP) is 1.81. The molecule has 0 amide bonds. The van der Waals surface area contributed by atoms with Crippen molar-refractivity contribution in [3.8, 4) is 11.5 Å².